The van der Waals surface area contributed by atoms with Crippen LogP contribution in [0.2, 0.25) is 0 Å². The predicted molar refractivity (Wildman–Crippen MR) is 93.6 cm³/mol. The van der Waals surface area contributed by atoms with E-state index < -0.39 is 0 Å². The zero-order valence-corrected chi connectivity index (χ0v) is 14.6. The molecule has 1 amide bonds. The van der Waals surface area contributed by atoms with Gasteiger partial charge in [-0.25, -0.2) is 4.68 Å². The van der Waals surface area contributed by atoms with Crippen molar-refractivity contribution >= 4 is 5.91 Å². The van der Waals surface area contributed by atoms with Crippen molar-refractivity contribution in [1.82, 2.24) is 14.7 Å². The molecule has 1 aliphatic rings. The lowest BCUT2D eigenvalue weighted by molar-refractivity contribution is 0.0616. The summed E-state index contributed by atoms with van der Waals surface area (Å²) in [5.74, 6) is 1.65. The number of benzene rings is 1. The van der Waals surface area contributed by atoms with Crippen LogP contribution in [-0.2, 0) is 0 Å². The van der Waals surface area contributed by atoms with Crippen molar-refractivity contribution in [3.63, 3.8) is 0 Å². The minimum Gasteiger partial charge on any atom is -0.478 e. The summed E-state index contributed by atoms with van der Waals surface area (Å²) >= 11 is 0. The Labute approximate surface area is 143 Å². The van der Waals surface area contributed by atoms with Crippen molar-refractivity contribution in [3.8, 4) is 11.6 Å². The van der Waals surface area contributed by atoms with Gasteiger partial charge in [-0.15, -0.1) is 0 Å². The largest absolute Gasteiger partial charge is 0.478 e. The molecule has 0 radical (unpaired) electrons. The molecule has 2 atom stereocenters. The van der Waals surface area contributed by atoms with Gasteiger partial charge in [0.15, 0.2) is 5.69 Å². The summed E-state index contributed by atoms with van der Waals surface area (Å²) in [6, 6.07) is 11.5. The number of piperidine rings is 1. The van der Waals surface area contributed by atoms with Crippen molar-refractivity contribution in [3.05, 3.63) is 42.1 Å². The lowest BCUT2D eigenvalue weighted by atomic mass is 9.92. The van der Waals surface area contributed by atoms with Crippen molar-refractivity contribution in [2.24, 2.45) is 11.8 Å². The van der Waals surface area contributed by atoms with Crippen LogP contribution in [0.15, 0.2) is 36.4 Å². The summed E-state index contributed by atoms with van der Waals surface area (Å²) in [4.78, 5) is 14.8. The number of para-hydroxylation sites is 1. The number of nitrogens with zero attached hydrogens (tertiary/aromatic N) is 3. The Morgan fingerprint density at radius 1 is 1.21 bits per heavy atom. The highest BCUT2D eigenvalue weighted by Crippen LogP contribution is 2.25. The zero-order chi connectivity index (χ0) is 17.1. The van der Waals surface area contributed by atoms with Gasteiger partial charge in [0.25, 0.3) is 5.91 Å². The molecule has 1 fully saturated rings. The quantitative estimate of drug-likeness (QED) is 0.865. The van der Waals surface area contributed by atoms with Crippen LogP contribution in [0.1, 0.15) is 37.7 Å². The van der Waals surface area contributed by atoms with Crippen LogP contribution >= 0.6 is 0 Å². The SMILES string of the molecule is CCOc1cc(C(=O)N2CC(C)CC(C)C2)nn1-c1ccccc1. The monoisotopic (exact) mass is 327 g/mol. The zero-order valence-electron chi connectivity index (χ0n) is 14.6. The van der Waals surface area contributed by atoms with Gasteiger partial charge in [-0.3, -0.25) is 4.79 Å². The van der Waals surface area contributed by atoms with E-state index in [0.717, 1.165) is 18.8 Å². The molecule has 0 spiro atoms. The summed E-state index contributed by atoms with van der Waals surface area (Å²) in [5.41, 5.74) is 1.34. The van der Waals surface area contributed by atoms with Gasteiger partial charge in [-0.1, -0.05) is 32.0 Å². The van der Waals surface area contributed by atoms with Gasteiger partial charge in [0.05, 0.1) is 12.3 Å². The van der Waals surface area contributed by atoms with Crippen LogP contribution < -0.4 is 4.74 Å². The first-order valence-corrected chi connectivity index (χ1v) is 8.66. The molecule has 128 valence electrons. The van der Waals surface area contributed by atoms with E-state index >= 15 is 0 Å². The molecule has 2 aromatic rings. The van der Waals surface area contributed by atoms with Gasteiger partial charge in [-0.2, -0.15) is 5.10 Å². The van der Waals surface area contributed by atoms with Crippen LogP contribution in [-0.4, -0.2) is 40.3 Å². The highest BCUT2D eigenvalue weighted by molar-refractivity contribution is 5.92. The number of hydrogen-bond acceptors (Lipinski definition) is 3. The van der Waals surface area contributed by atoms with Gasteiger partial charge >= 0.3 is 0 Å². The first-order valence-electron chi connectivity index (χ1n) is 8.66. The molecule has 0 saturated carbocycles. The standard InChI is InChI=1S/C19H25N3O2/c1-4-24-18-11-17(20-22(18)16-8-6-5-7-9-16)19(23)21-12-14(2)10-15(3)13-21/h5-9,11,14-15H,4,10,12-13H2,1-3H3. The minimum atomic E-state index is -0.0102. The number of carbonyl (C=O) groups is 1. The fourth-order valence-corrected chi connectivity index (χ4v) is 3.46. The van der Waals surface area contributed by atoms with E-state index in [9.17, 15) is 4.79 Å². The highest BCUT2D eigenvalue weighted by atomic mass is 16.5. The average Bonchev–Trinajstić information content (AvgIpc) is 2.98. The maximum atomic E-state index is 12.9. The molecule has 2 unspecified atom stereocenters. The molecule has 1 saturated heterocycles. The molecule has 1 aromatic heterocycles. The van der Waals surface area contributed by atoms with Gasteiger partial charge in [0, 0.05) is 19.2 Å². The molecule has 0 aliphatic carbocycles. The van der Waals surface area contributed by atoms with E-state index in [1.165, 1.54) is 6.42 Å². The van der Waals surface area contributed by atoms with E-state index in [-0.39, 0.29) is 5.91 Å². The Morgan fingerprint density at radius 3 is 2.50 bits per heavy atom. The Morgan fingerprint density at radius 2 is 1.88 bits per heavy atom. The van der Waals surface area contributed by atoms with Crippen molar-refractivity contribution in [2.75, 3.05) is 19.7 Å². The van der Waals surface area contributed by atoms with E-state index in [1.54, 1.807) is 10.7 Å². The Balaban J connectivity index is 1.89. The fourth-order valence-electron chi connectivity index (χ4n) is 3.46. The van der Waals surface area contributed by atoms with Crippen LogP contribution in [0.5, 0.6) is 5.88 Å². The van der Waals surface area contributed by atoms with Crippen molar-refractivity contribution in [2.45, 2.75) is 27.2 Å². The normalized spacial score (nSPS) is 20.9. The Hall–Kier alpha value is -2.30. The van der Waals surface area contributed by atoms with Crippen molar-refractivity contribution < 1.29 is 9.53 Å². The topological polar surface area (TPSA) is 47.4 Å². The number of ether oxygens (including phenoxy) is 1. The second kappa shape index (κ2) is 7.07. The molecule has 5 heteroatoms. The Kier molecular flexibility index (Phi) is 4.88. The van der Waals surface area contributed by atoms with Crippen LogP contribution in [0, 0.1) is 11.8 Å². The lowest BCUT2D eigenvalue weighted by Gasteiger charge is -2.34. The average molecular weight is 327 g/mol. The molecule has 2 heterocycles. The smallest absolute Gasteiger partial charge is 0.274 e. The van der Waals surface area contributed by atoms with Crippen LogP contribution in [0.25, 0.3) is 5.69 Å². The van der Waals surface area contributed by atoms with Gasteiger partial charge in [0.1, 0.15) is 0 Å². The van der Waals surface area contributed by atoms with E-state index in [1.807, 2.05) is 42.2 Å². The molecule has 1 aromatic carbocycles. The molecular formula is C19H25N3O2. The third kappa shape index (κ3) is 3.45. The lowest BCUT2D eigenvalue weighted by Crippen LogP contribution is -2.42. The van der Waals surface area contributed by atoms with Crippen molar-refractivity contribution in [1.29, 1.82) is 0 Å². The van der Waals surface area contributed by atoms with Crippen LogP contribution in [0.4, 0.5) is 0 Å². The first-order chi connectivity index (χ1) is 11.6. The molecule has 5 nitrogen and oxygen atoms in total. The second-order valence-corrected chi connectivity index (χ2v) is 6.70. The summed E-state index contributed by atoms with van der Waals surface area (Å²) in [6.07, 6.45) is 1.17. The molecule has 3 rings (SSSR count). The van der Waals surface area contributed by atoms with E-state index in [0.29, 0.717) is 30.0 Å². The van der Waals surface area contributed by atoms with Crippen LogP contribution in [0.3, 0.4) is 0 Å². The molecule has 1 aliphatic heterocycles. The maximum absolute atomic E-state index is 12.9. The second-order valence-electron chi connectivity index (χ2n) is 6.70. The number of hydrogen-bond donors (Lipinski definition) is 0. The summed E-state index contributed by atoms with van der Waals surface area (Å²) < 4.78 is 7.38. The third-order valence-electron chi connectivity index (χ3n) is 4.34. The summed E-state index contributed by atoms with van der Waals surface area (Å²) in [6.45, 7) is 8.45. The number of likely N-dealkylation sites (tertiary alicyclic amines) is 1. The fraction of sp³-hybridized carbons (Fsp3) is 0.474. The van der Waals surface area contributed by atoms with Gasteiger partial charge < -0.3 is 9.64 Å². The predicted octanol–water partition coefficient (Wildman–Crippen LogP) is 3.39. The molecule has 0 bridgehead atoms. The van der Waals surface area contributed by atoms with E-state index in [2.05, 4.69) is 18.9 Å². The highest BCUT2D eigenvalue weighted by Gasteiger charge is 2.28. The summed E-state index contributed by atoms with van der Waals surface area (Å²) in [7, 11) is 0. The molecular weight excluding hydrogens is 302 g/mol. The maximum Gasteiger partial charge on any atom is 0.274 e. The molecule has 24 heavy (non-hydrogen) atoms. The van der Waals surface area contributed by atoms with Gasteiger partial charge in [0.2, 0.25) is 5.88 Å². The number of aromatic nitrogens is 2. The number of carbonyl (C=O) groups excluding carboxylic acids is 1. The van der Waals surface area contributed by atoms with E-state index in [4.69, 9.17) is 4.74 Å². The molecule has 0 N–H and O–H groups in total. The summed E-state index contributed by atoms with van der Waals surface area (Å²) in [5, 5.41) is 4.52. The third-order valence-corrected chi connectivity index (χ3v) is 4.34. The minimum absolute atomic E-state index is 0.0102. The Bertz CT molecular complexity index is 686. The van der Waals surface area contributed by atoms with Gasteiger partial charge in [-0.05, 0) is 37.3 Å². The first kappa shape index (κ1) is 16.6. The number of amides is 1. The number of rotatable bonds is 4.